The van der Waals surface area contributed by atoms with Crippen LogP contribution in [0.5, 0.6) is 5.75 Å². The molecule has 0 aliphatic heterocycles. The van der Waals surface area contributed by atoms with Crippen LogP contribution in [0.4, 0.5) is 0 Å². The molecule has 0 heterocycles. The molecule has 6 heteroatoms. The Morgan fingerprint density at radius 1 is 1.35 bits per heavy atom. The molecule has 1 aromatic rings. The molecule has 0 atom stereocenters. The molecular formula is C14H21NO4S. The van der Waals surface area contributed by atoms with Gasteiger partial charge >= 0.3 is 0 Å². The summed E-state index contributed by atoms with van der Waals surface area (Å²) in [4.78, 5) is 0.125. The lowest BCUT2D eigenvalue weighted by Gasteiger charge is -2.28. The Hall–Kier alpha value is -1.11. The molecule has 0 amide bonds. The molecule has 20 heavy (non-hydrogen) atoms. The van der Waals surface area contributed by atoms with Crippen molar-refractivity contribution in [2.24, 2.45) is 0 Å². The highest BCUT2D eigenvalue weighted by atomic mass is 32.2. The van der Waals surface area contributed by atoms with Crippen LogP contribution in [0.2, 0.25) is 0 Å². The molecule has 0 radical (unpaired) electrons. The number of methoxy groups -OCH3 is 1. The molecule has 0 bridgehead atoms. The van der Waals surface area contributed by atoms with Crippen LogP contribution in [0.1, 0.15) is 31.2 Å². The van der Waals surface area contributed by atoms with Crippen LogP contribution in [0.15, 0.2) is 23.1 Å². The van der Waals surface area contributed by atoms with Crippen LogP contribution in [0, 0.1) is 6.92 Å². The van der Waals surface area contributed by atoms with E-state index in [1.807, 2.05) is 6.92 Å². The van der Waals surface area contributed by atoms with Crippen LogP contribution in [0.3, 0.4) is 0 Å². The summed E-state index contributed by atoms with van der Waals surface area (Å²) < 4.78 is 33.0. The van der Waals surface area contributed by atoms with Crippen LogP contribution in [-0.4, -0.2) is 32.8 Å². The maximum absolute atomic E-state index is 12.6. The fraction of sp³-hybridized carbons (Fsp3) is 0.571. The van der Waals surface area contributed by atoms with Crippen molar-refractivity contribution >= 4 is 10.0 Å². The predicted molar refractivity (Wildman–Crippen MR) is 76.3 cm³/mol. The number of hydrogen-bond donors (Lipinski definition) is 2. The van der Waals surface area contributed by atoms with E-state index in [1.165, 1.54) is 7.11 Å². The van der Waals surface area contributed by atoms with Crippen molar-refractivity contribution in [3.05, 3.63) is 23.8 Å². The molecule has 0 aromatic heterocycles. The van der Waals surface area contributed by atoms with Crippen molar-refractivity contribution in [3.8, 4) is 5.75 Å². The highest BCUT2D eigenvalue weighted by molar-refractivity contribution is 7.89. The largest absolute Gasteiger partial charge is 0.495 e. The normalized spacial score (nSPS) is 18.1. The number of benzene rings is 1. The lowest BCUT2D eigenvalue weighted by molar-refractivity contribution is 0.185. The van der Waals surface area contributed by atoms with Gasteiger partial charge in [-0.3, -0.25) is 0 Å². The van der Waals surface area contributed by atoms with E-state index in [2.05, 4.69) is 4.72 Å². The number of rotatable bonds is 5. The van der Waals surface area contributed by atoms with Crippen LogP contribution in [0.25, 0.3) is 0 Å². The first kappa shape index (κ1) is 15.3. The Labute approximate surface area is 120 Å². The third kappa shape index (κ3) is 2.97. The maximum atomic E-state index is 12.6. The monoisotopic (exact) mass is 299 g/mol. The van der Waals surface area contributed by atoms with Crippen molar-refractivity contribution in [3.63, 3.8) is 0 Å². The van der Waals surface area contributed by atoms with Crippen LogP contribution >= 0.6 is 0 Å². The Kier molecular flexibility index (Phi) is 4.36. The maximum Gasteiger partial charge on any atom is 0.244 e. The zero-order chi connectivity index (χ0) is 14.8. The van der Waals surface area contributed by atoms with Gasteiger partial charge in [-0.1, -0.05) is 18.9 Å². The molecule has 1 aliphatic carbocycles. The van der Waals surface area contributed by atoms with E-state index in [4.69, 9.17) is 4.74 Å². The molecule has 1 saturated carbocycles. The van der Waals surface area contributed by atoms with Gasteiger partial charge in [0.2, 0.25) is 10.0 Å². The highest BCUT2D eigenvalue weighted by Crippen LogP contribution is 2.32. The fourth-order valence-corrected chi connectivity index (χ4v) is 4.38. The summed E-state index contributed by atoms with van der Waals surface area (Å²) in [7, 11) is -2.27. The summed E-state index contributed by atoms with van der Waals surface area (Å²) in [6, 6.07) is 5.03. The first-order valence-electron chi connectivity index (χ1n) is 6.72. The van der Waals surface area contributed by atoms with Gasteiger partial charge in [-0.2, -0.15) is 0 Å². The summed E-state index contributed by atoms with van der Waals surface area (Å²) in [5.41, 5.74) is 0.115. The van der Waals surface area contributed by atoms with Crippen molar-refractivity contribution < 1.29 is 18.3 Å². The van der Waals surface area contributed by atoms with Gasteiger partial charge in [-0.25, -0.2) is 13.1 Å². The molecule has 1 aromatic carbocycles. The third-order valence-electron chi connectivity index (χ3n) is 3.82. The van der Waals surface area contributed by atoms with Crippen molar-refractivity contribution in [2.45, 2.75) is 43.0 Å². The van der Waals surface area contributed by atoms with E-state index >= 15 is 0 Å². The van der Waals surface area contributed by atoms with E-state index in [1.54, 1.807) is 18.2 Å². The first-order chi connectivity index (χ1) is 9.42. The second-order valence-electron chi connectivity index (χ2n) is 5.41. The van der Waals surface area contributed by atoms with Crippen molar-refractivity contribution in [2.75, 3.05) is 13.7 Å². The van der Waals surface area contributed by atoms with Gasteiger partial charge in [0.1, 0.15) is 10.6 Å². The number of sulfonamides is 1. The van der Waals surface area contributed by atoms with Crippen LogP contribution in [-0.2, 0) is 10.0 Å². The number of hydrogen-bond acceptors (Lipinski definition) is 4. The van der Waals surface area contributed by atoms with Gasteiger partial charge in [0, 0.05) is 0 Å². The fourth-order valence-electron chi connectivity index (χ4n) is 2.68. The second-order valence-corrected chi connectivity index (χ2v) is 7.06. The minimum atomic E-state index is -3.71. The lowest BCUT2D eigenvalue weighted by Crippen LogP contribution is -2.49. The van der Waals surface area contributed by atoms with E-state index in [9.17, 15) is 13.5 Å². The standard InChI is InChI=1S/C14H21NO4S/c1-11-5-6-12(19-2)13(9-11)20(17,18)15-14(10-16)7-3-4-8-14/h5-6,9,15-16H,3-4,7-8,10H2,1-2H3. The topological polar surface area (TPSA) is 75.6 Å². The zero-order valence-corrected chi connectivity index (χ0v) is 12.7. The van der Waals surface area contributed by atoms with Gasteiger partial charge < -0.3 is 9.84 Å². The molecule has 5 nitrogen and oxygen atoms in total. The van der Waals surface area contributed by atoms with Crippen molar-refractivity contribution in [1.82, 2.24) is 4.72 Å². The minimum Gasteiger partial charge on any atom is -0.495 e. The molecule has 0 saturated heterocycles. The summed E-state index contributed by atoms with van der Waals surface area (Å²) in [5, 5.41) is 9.55. The number of nitrogens with one attached hydrogen (secondary N) is 1. The highest BCUT2D eigenvalue weighted by Gasteiger charge is 2.38. The first-order valence-corrected chi connectivity index (χ1v) is 8.20. The SMILES string of the molecule is COc1ccc(C)cc1S(=O)(=O)NC1(CO)CCCC1. The van der Waals surface area contributed by atoms with E-state index in [0.717, 1.165) is 18.4 Å². The van der Waals surface area contributed by atoms with Crippen LogP contribution < -0.4 is 9.46 Å². The summed E-state index contributed by atoms with van der Waals surface area (Å²) in [6.07, 6.45) is 3.18. The minimum absolute atomic E-state index is 0.125. The molecular weight excluding hydrogens is 278 g/mol. The number of aryl methyl sites for hydroxylation is 1. The Balaban J connectivity index is 2.37. The van der Waals surface area contributed by atoms with Gasteiger partial charge in [0.05, 0.1) is 19.3 Å². The second kappa shape index (κ2) is 5.71. The molecule has 2 rings (SSSR count). The predicted octanol–water partition coefficient (Wildman–Crippen LogP) is 1.59. The Bertz CT molecular complexity index is 577. The van der Waals surface area contributed by atoms with Gasteiger partial charge in [-0.15, -0.1) is 0 Å². The number of ether oxygens (including phenoxy) is 1. The van der Waals surface area contributed by atoms with E-state index in [-0.39, 0.29) is 11.5 Å². The summed E-state index contributed by atoms with van der Waals surface area (Å²) >= 11 is 0. The third-order valence-corrected chi connectivity index (χ3v) is 5.42. The van der Waals surface area contributed by atoms with Crippen molar-refractivity contribution in [1.29, 1.82) is 0 Å². The molecule has 2 N–H and O–H groups in total. The smallest absolute Gasteiger partial charge is 0.244 e. The average Bonchev–Trinajstić information content (AvgIpc) is 2.87. The van der Waals surface area contributed by atoms with Gasteiger partial charge in [-0.05, 0) is 37.5 Å². The molecule has 0 spiro atoms. The number of aliphatic hydroxyl groups excluding tert-OH is 1. The molecule has 1 fully saturated rings. The quantitative estimate of drug-likeness (QED) is 0.865. The lowest BCUT2D eigenvalue weighted by atomic mass is 10.0. The molecule has 1 aliphatic rings. The van der Waals surface area contributed by atoms with E-state index in [0.29, 0.717) is 18.6 Å². The number of aliphatic hydroxyl groups is 1. The Morgan fingerprint density at radius 2 is 2.00 bits per heavy atom. The Morgan fingerprint density at radius 3 is 2.55 bits per heavy atom. The van der Waals surface area contributed by atoms with E-state index < -0.39 is 15.6 Å². The average molecular weight is 299 g/mol. The van der Waals surface area contributed by atoms with Gasteiger partial charge in [0.15, 0.2) is 0 Å². The van der Waals surface area contributed by atoms with Gasteiger partial charge in [0.25, 0.3) is 0 Å². The zero-order valence-electron chi connectivity index (χ0n) is 11.8. The molecule has 0 unspecified atom stereocenters. The molecule has 112 valence electrons. The summed E-state index contributed by atoms with van der Waals surface area (Å²) in [6.45, 7) is 1.65. The summed E-state index contributed by atoms with van der Waals surface area (Å²) in [5.74, 6) is 0.314.